The molecular formula is C9H11O6P. The van der Waals surface area contributed by atoms with Crippen LogP contribution in [0.15, 0.2) is 24.3 Å². The third-order valence-electron chi connectivity index (χ3n) is 1.56. The van der Waals surface area contributed by atoms with Gasteiger partial charge in [-0.15, -0.1) is 0 Å². The first-order valence-corrected chi connectivity index (χ1v) is 5.87. The number of benzene rings is 1. The largest absolute Gasteiger partial charge is 0.469 e. The van der Waals surface area contributed by atoms with Crippen molar-refractivity contribution in [3.05, 3.63) is 29.8 Å². The summed E-state index contributed by atoms with van der Waals surface area (Å²) < 4.78 is 19.6. The van der Waals surface area contributed by atoms with E-state index in [9.17, 15) is 9.36 Å². The second kappa shape index (κ2) is 5.23. The minimum Gasteiger partial charge on any atom is -0.427 e. The van der Waals surface area contributed by atoms with Gasteiger partial charge >= 0.3 is 13.8 Å². The van der Waals surface area contributed by atoms with Crippen molar-refractivity contribution in [2.24, 2.45) is 0 Å². The smallest absolute Gasteiger partial charge is 0.427 e. The molecule has 0 aliphatic rings. The highest BCUT2D eigenvalue weighted by atomic mass is 31.2. The Labute approximate surface area is 92.1 Å². The van der Waals surface area contributed by atoms with Gasteiger partial charge in [0.1, 0.15) is 5.75 Å². The van der Waals surface area contributed by atoms with E-state index in [4.69, 9.17) is 14.5 Å². The Hall–Kier alpha value is -1.20. The molecule has 0 atom stereocenters. The molecule has 0 heterocycles. The van der Waals surface area contributed by atoms with Gasteiger partial charge in [0.05, 0.1) is 6.61 Å². The fraction of sp³-hybridized carbons (Fsp3) is 0.222. The number of ether oxygens (including phenoxy) is 1. The zero-order valence-corrected chi connectivity index (χ0v) is 9.39. The summed E-state index contributed by atoms with van der Waals surface area (Å²) in [5.74, 6) is -0.160. The van der Waals surface area contributed by atoms with Crippen LogP contribution in [-0.2, 0) is 20.5 Å². The van der Waals surface area contributed by atoms with Crippen molar-refractivity contribution in [2.45, 2.75) is 13.5 Å². The summed E-state index contributed by atoms with van der Waals surface area (Å²) in [6.45, 7) is 1.01. The van der Waals surface area contributed by atoms with Gasteiger partial charge in [-0.2, -0.15) is 0 Å². The van der Waals surface area contributed by atoms with E-state index in [1.54, 1.807) is 18.2 Å². The maximum atomic E-state index is 10.7. The first-order chi connectivity index (χ1) is 7.37. The summed E-state index contributed by atoms with van der Waals surface area (Å²) in [7, 11) is -4.48. The first kappa shape index (κ1) is 12.9. The SMILES string of the molecule is CC(=O)Oc1cccc(COP(=O)(O)O)c1. The van der Waals surface area contributed by atoms with Crippen molar-refractivity contribution in [3.63, 3.8) is 0 Å². The van der Waals surface area contributed by atoms with Crippen molar-refractivity contribution in [1.29, 1.82) is 0 Å². The van der Waals surface area contributed by atoms with Gasteiger partial charge in [0.2, 0.25) is 0 Å². The number of phosphoric acid groups is 1. The van der Waals surface area contributed by atoms with E-state index in [-0.39, 0.29) is 6.61 Å². The van der Waals surface area contributed by atoms with Crippen LogP contribution in [0.1, 0.15) is 12.5 Å². The molecule has 6 nitrogen and oxygen atoms in total. The van der Waals surface area contributed by atoms with E-state index in [2.05, 4.69) is 4.52 Å². The number of phosphoric ester groups is 1. The predicted octanol–water partition coefficient (Wildman–Crippen LogP) is 1.22. The van der Waals surface area contributed by atoms with Crippen molar-refractivity contribution >= 4 is 13.8 Å². The normalized spacial score (nSPS) is 11.2. The second-order valence-electron chi connectivity index (χ2n) is 3.01. The van der Waals surface area contributed by atoms with Crippen molar-refractivity contribution in [2.75, 3.05) is 0 Å². The van der Waals surface area contributed by atoms with Gasteiger partial charge in [-0.05, 0) is 17.7 Å². The minimum absolute atomic E-state index is 0.251. The molecule has 0 aliphatic carbocycles. The van der Waals surface area contributed by atoms with E-state index >= 15 is 0 Å². The van der Waals surface area contributed by atoms with Crippen molar-refractivity contribution < 1.29 is 28.4 Å². The highest BCUT2D eigenvalue weighted by Gasteiger charge is 2.13. The number of carbonyl (C=O) groups excluding carboxylic acids is 1. The molecule has 1 aromatic carbocycles. The Morgan fingerprint density at radius 1 is 1.44 bits per heavy atom. The molecule has 0 aromatic heterocycles. The Bertz CT molecular complexity index is 424. The highest BCUT2D eigenvalue weighted by Crippen LogP contribution is 2.37. The predicted molar refractivity (Wildman–Crippen MR) is 54.6 cm³/mol. The van der Waals surface area contributed by atoms with Gasteiger partial charge in [-0.3, -0.25) is 9.32 Å². The summed E-state index contributed by atoms with van der Waals surface area (Å²) in [6.07, 6.45) is 0. The third-order valence-corrected chi connectivity index (χ3v) is 2.02. The molecule has 2 N–H and O–H groups in total. The Morgan fingerprint density at radius 2 is 2.12 bits per heavy atom. The lowest BCUT2D eigenvalue weighted by atomic mass is 10.2. The zero-order chi connectivity index (χ0) is 12.2. The molecule has 0 saturated heterocycles. The van der Waals surface area contributed by atoms with Crippen LogP contribution in [0.25, 0.3) is 0 Å². The summed E-state index contributed by atoms with van der Waals surface area (Å²) in [5, 5.41) is 0. The molecule has 1 rings (SSSR count). The lowest BCUT2D eigenvalue weighted by molar-refractivity contribution is -0.131. The van der Waals surface area contributed by atoms with Crippen LogP contribution < -0.4 is 4.74 Å². The van der Waals surface area contributed by atoms with Gasteiger partial charge in [0, 0.05) is 6.92 Å². The van der Waals surface area contributed by atoms with Gasteiger partial charge in [-0.25, -0.2) is 4.57 Å². The van der Waals surface area contributed by atoms with Crippen molar-refractivity contribution in [1.82, 2.24) is 0 Å². The van der Waals surface area contributed by atoms with Gasteiger partial charge in [0.15, 0.2) is 0 Å². The molecule has 0 radical (unpaired) electrons. The molecule has 1 aromatic rings. The molecule has 0 spiro atoms. The van der Waals surface area contributed by atoms with Gasteiger partial charge < -0.3 is 14.5 Å². The van der Waals surface area contributed by atoms with Crippen LogP contribution in [0.2, 0.25) is 0 Å². The quantitative estimate of drug-likeness (QED) is 0.471. The fourth-order valence-corrected chi connectivity index (χ4v) is 1.34. The van der Waals surface area contributed by atoms with E-state index < -0.39 is 13.8 Å². The zero-order valence-electron chi connectivity index (χ0n) is 8.49. The Morgan fingerprint density at radius 3 is 2.69 bits per heavy atom. The molecule has 0 fully saturated rings. The fourth-order valence-electron chi connectivity index (χ4n) is 1.02. The summed E-state index contributed by atoms with van der Waals surface area (Å²) in [5.41, 5.74) is 0.502. The Balaban J connectivity index is 2.67. The van der Waals surface area contributed by atoms with Gasteiger partial charge in [-0.1, -0.05) is 12.1 Å². The van der Waals surface area contributed by atoms with Crippen LogP contribution in [-0.4, -0.2) is 15.8 Å². The standard InChI is InChI=1S/C9H11O6P/c1-7(10)15-9-4-2-3-8(5-9)6-14-16(11,12)13/h2-5H,6H2,1H3,(H2,11,12,13). The summed E-state index contributed by atoms with van der Waals surface area (Å²) >= 11 is 0. The van der Waals surface area contributed by atoms with E-state index in [0.717, 1.165) is 0 Å². The molecule has 16 heavy (non-hydrogen) atoms. The van der Waals surface area contributed by atoms with Gasteiger partial charge in [0.25, 0.3) is 0 Å². The minimum atomic E-state index is -4.48. The number of hydrogen-bond donors (Lipinski definition) is 2. The molecule has 0 bridgehead atoms. The molecule has 7 heteroatoms. The van der Waals surface area contributed by atoms with Crippen molar-refractivity contribution in [3.8, 4) is 5.75 Å². The van der Waals surface area contributed by atoms with E-state index in [0.29, 0.717) is 11.3 Å². The molecule has 0 unspecified atom stereocenters. The number of carbonyl (C=O) groups is 1. The average molecular weight is 246 g/mol. The maximum absolute atomic E-state index is 10.7. The lowest BCUT2D eigenvalue weighted by Gasteiger charge is -2.06. The molecular weight excluding hydrogens is 235 g/mol. The van der Waals surface area contributed by atoms with E-state index in [1.165, 1.54) is 13.0 Å². The second-order valence-corrected chi connectivity index (χ2v) is 4.24. The third kappa shape index (κ3) is 5.04. The molecule has 0 aliphatic heterocycles. The number of esters is 1. The summed E-state index contributed by atoms with van der Waals surface area (Å²) in [4.78, 5) is 27.7. The highest BCUT2D eigenvalue weighted by molar-refractivity contribution is 7.46. The number of hydrogen-bond acceptors (Lipinski definition) is 4. The maximum Gasteiger partial charge on any atom is 0.469 e. The van der Waals surface area contributed by atoms with Crippen LogP contribution >= 0.6 is 7.82 Å². The van der Waals surface area contributed by atoms with Crippen LogP contribution in [0.5, 0.6) is 5.75 Å². The molecule has 0 saturated carbocycles. The van der Waals surface area contributed by atoms with E-state index in [1.807, 2.05) is 0 Å². The number of rotatable bonds is 4. The molecule has 88 valence electrons. The monoisotopic (exact) mass is 246 g/mol. The van der Waals surface area contributed by atoms with Crippen LogP contribution in [0.4, 0.5) is 0 Å². The van der Waals surface area contributed by atoms with Crippen LogP contribution in [0, 0.1) is 0 Å². The lowest BCUT2D eigenvalue weighted by Crippen LogP contribution is -2.01. The average Bonchev–Trinajstić information content (AvgIpc) is 2.13. The topological polar surface area (TPSA) is 93.1 Å². The molecule has 0 amide bonds. The van der Waals surface area contributed by atoms with Crippen LogP contribution in [0.3, 0.4) is 0 Å². The Kier molecular flexibility index (Phi) is 4.20. The first-order valence-electron chi connectivity index (χ1n) is 4.34. The summed E-state index contributed by atoms with van der Waals surface area (Å²) in [6, 6.07) is 6.22.